The molecule has 3 heterocycles. The minimum atomic E-state index is -0.715. The summed E-state index contributed by atoms with van der Waals surface area (Å²) in [7, 11) is 0. The second-order valence-electron chi connectivity index (χ2n) is 5.76. The molecule has 1 atom stereocenters. The third-order valence-electron chi connectivity index (χ3n) is 4.06. The second-order valence-corrected chi connectivity index (χ2v) is 5.76. The topological polar surface area (TPSA) is 118 Å². The summed E-state index contributed by atoms with van der Waals surface area (Å²) < 4.78 is 1.65. The van der Waals surface area contributed by atoms with Crippen LogP contribution in [0.25, 0.3) is 5.65 Å². The van der Waals surface area contributed by atoms with Gasteiger partial charge < -0.3 is 5.73 Å². The van der Waals surface area contributed by atoms with Gasteiger partial charge in [0.2, 0.25) is 11.9 Å². The van der Waals surface area contributed by atoms with Gasteiger partial charge in [0.25, 0.3) is 5.91 Å². The molecule has 0 aliphatic carbocycles. The van der Waals surface area contributed by atoms with Gasteiger partial charge in [0.05, 0.1) is 5.69 Å². The molecule has 130 valence electrons. The Labute approximate surface area is 148 Å². The van der Waals surface area contributed by atoms with Crippen molar-refractivity contribution >= 4 is 34.8 Å². The average Bonchev–Trinajstić information content (AvgIpc) is 3.28. The second kappa shape index (κ2) is 6.28. The van der Waals surface area contributed by atoms with E-state index in [0.29, 0.717) is 11.3 Å². The van der Waals surface area contributed by atoms with E-state index < -0.39 is 17.9 Å². The Morgan fingerprint density at radius 1 is 1.08 bits per heavy atom. The van der Waals surface area contributed by atoms with E-state index in [0.717, 1.165) is 0 Å². The molecular weight excluding hydrogens is 334 g/mol. The van der Waals surface area contributed by atoms with Crippen LogP contribution in [0, 0.1) is 0 Å². The monoisotopic (exact) mass is 349 g/mol. The number of anilines is 2. The van der Waals surface area contributed by atoms with Gasteiger partial charge in [0.1, 0.15) is 11.8 Å². The van der Waals surface area contributed by atoms with Crippen LogP contribution in [0.3, 0.4) is 0 Å². The van der Waals surface area contributed by atoms with E-state index in [1.807, 2.05) is 24.3 Å². The van der Waals surface area contributed by atoms with Crippen molar-refractivity contribution in [3.05, 3.63) is 54.7 Å². The van der Waals surface area contributed by atoms with Crippen LogP contribution < -0.4 is 16.1 Å². The quantitative estimate of drug-likeness (QED) is 0.722. The number of carbonyl (C=O) groups is 2. The van der Waals surface area contributed by atoms with E-state index in [1.54, 1.807) is 34.9 Å². The predicted molar refractivity (Wildman–Crippen MR) is 95.6 cm³/mol. The lowest BCUT2D eigenvalue weighted by molar-refractivity contribution is -0.119. The molecule has 3 N–H and O–H groups in total. The first-order valence-electron chi connectivity index (χ1n) is 7.95. The van der Waals surface area contributed by atoms with Gasteiger partial charge in [-0.05, 0) is 24.3 Å². The molecule has 26 heavy (non-hydrogen) atoms. The van der Waals surface area contributed by atoms with Crippen molar-refractivity contribution in [2.24, 2.45) is 10.8 Å². The molecular formula is C17H15N7O2. The largest absolute Gasteiger partial charge is 0.368 e. The van der Waals surface area contributed by atoms with E-state index in [4.69, 9.17) is 5.73 Å². The highest BCUT2D eigenvalue weighted by atomic mass is 16.2. The van der Waals surface area contributed by atoms with Crippen LogP contribution in [-0.4, -0.2) is 38.2 Å². The Morgan fingerprint density at radius 2 is 1.85 bits per heavy atom. The van der Waals surface area contributed by atoms with Crippen molar-refractivity contribution < 1.29 is 9.59 Å². The first-order valence-corrected chi connectivity index (χ1v) is 7.95. The summed E-state index contributed by atoms with van der Waals surface area (Å²) in [5.41, 5.74) is 6.98. The Bertz CT molecular complexity index is 1010. The highest BCUT2D eigenvalue weighted by Crippen LogP contribution is 2.24. The number of carbonyl (C=O) groups excluding carboxylic acids is 2. The molecule has 1 aliphatic heterocycles. The SMILES string of the molecule is NC(=O)[C@H]1CC(C(=O)Nc2nnc3ccccn23)=NN1c1ccccc1. The number of hydrogen-bond donors (Lipinski definition) is 2. The Morgan fingerprint density at radius 3 is 2.62 bits per heavy atom. The zero-order chi connectivity index (χ0) is 18.1. The predicted octanol–water partition coefficient (Wildman–Crippen LogP) is 0.788. The maximum atomic E-state index is 12.6. The molecule has 9 nitrogen and oxygen atoms in total. The third-order valence-corrected chi connectivity index (χ3v) is 4.06. The zero-order valence-electron chi connectivity index (χ0n) is 13.6. The molecule has 2 amide bonds. The molecule has 9 heteroatoms. The first-order chi connectivity index (χ1) is 12.6. The van der Waals surface area contributed by atoms with Crippen LogP contribution in [0.4, 0.5) is 11.6 Å². The maximum absolute atomic E-state index is 12.6. The van der Waals surface area contributed by atoms with Crippen molar-refractivity contribution in [2.75, 3.05) is 10.3 Å². The van der Waals surface area contributed by atoms with Gasteiger partial charge in [0, 0.05) is 12.6 Å². The molecule has 0 saturated heterocycles. The molecule has 0 spiro atoms. The minimum Gasteiger partial charge on any atom is -0.368 e. The Balaban J connectivity index is 1.60. The van der Waals surface area contributed by atoms with Crippen molar-refractivity contribution in [3.63, 3.8) is 0 Å². The minimum absolute atomic E-state index is 0.118. The van der Waals surface area contributed by atoms with Crippen molar-refractivity contribution in [1.29, 1.82) is 0 Å². The van der Waals surface area contributed by atoms with Crippen LogP contribution in [0.15, 0.2) is 59.8 Å². The molecule has 4 rings (SSSR count). The number of fused-ring (bicyclic) bond motifs is 1. The number of amides is 2. The van der Waals surface area contributed by atoms with Crippen LogP contribution >= 0.6 is 0 Å². The number of pyridine rings is 1. The van der Waals surface area contributed by atoms with Gasteiger partial charge in [-0.2, -0.15) is 5.10 Å². The molecule has 1 aromatic carbocycles. The van der Waals surface area contributed by atoms with E-state index in [1.165, 1.54) is 5.01 Å². The fourth-order valence-corrected chi connectivity index (χ4v) is 2.79. The van der Waals surface area contributed by atoms with Gasteiger partial charge >= 0.3 is 0 Å². The number of hydrogen-bond acceptors (Lipinski definition) is 6. The summed E-state index contributed by atoms with van der Waals surface area (Å²) in [5, 5.41) is 16.4. The standard InChI is InChI=1S/C17H15N7O2/c18-15(25)13-10-12(22-24(13)11-6-2-1-3-7-11)16(26)19-17-21-20-14-8-4-5-9-23(14)17/h1-9,13H,10H2,(H2,18,25)(H,19,21,26)/t13-/m1/s1. The molecule has 0 unspecified atom stereocenters. The Hall–Kier alpha value is -3.75. The van der Waals surface area contributed by atoms with Crippen molar-refractivity contribution in [3.8, 4) is 0 Å². The maximum Gasteiger partial charge on any atom is 0.274 e. The van der Waals surface area contributed by atoms with Crippen LogP contribution in [0.5, 0.6) is 0 Å². The summed E-state index contributed by atoms with van der Waals surface area (Å²) >= 11 is 0. The molecule has 3 aromatic rings. The highest BCUT2D eigenvalue weighted by Gasteiger charge is 2.35. The normalized spacial score (nSPS) is 16.5. The van der Waals surface area contributed by atoms with E-state index >= 15 is 0 Å². The number of aromatic nitrogens is 3. The summed E-state index contributed by atoms with van der Waals surface area (Å²) in [4.78, 5) is 24.4. The summed E-state index contributed by atoms with van der Waals surface area (Å²) in [6.45, 7) is 0. The molecule has 0 fully saturated rings. The number of rotatable bonds is 4. The number of nitrogens with one attached hydrogen (secondary N) is 1. The number of hydrazone groups is 1. The highest BCUT2D eigenvalue weighted by molar-refractivity contribution is 6.44. The first kappa shape index (κ1) is 15.8. The number of para-hydroxylation sites is 1. The zero-order valence-corrected chi connectivity index (χ0v) is 13.6. The van der Waals surface area contributed by atoms with Crippen molar-refractivity contribution in [1.82, 2.24) is 14.6 Å². The fraction of sp³-hybridized carbons (Fsp3) is 0.118. The smallest absolute Gasteiger partial charge is 0.274 e. The summed E-state index contributed by atoms with van der Waals surface area (Å²) in [6, 6.07) is 13.8. The number of primary amides is 1. The van der Waals surface area contributed by atoms with Gasteiger partial charge in [-0.25, -0.2) is 0 Å². The molecule has 0 bridgehead atoms. The Kier molecular flexibility index (Phi) is 3.81. The van der Waals surface area contributed by atoms with E-state index in [2.05, 4.69) is 20.6 Å². The number of benzene rings is 1. The van der Waals surface area contributed by atoms with Crippen LogP contribution in [0.2, 0.25) is 0 Å². The lowest BCUT2D eigenvalue weighted by atomic mass is 10.1. The fourth-order valence-electron chi connectivity index (χ4n) is 2.79. The average molecular weight is 349 g/mol. The summed E-state index contributed by atoms with van der Waals surface area (Å²) in [5.74, 6) is -0.719. The molecule has 1 aliphatic rings. The summed E-state index contributed by atoms with van der Waals surface area (Å²) in [6.07, 6.45) is 1.86. The van der Waals surface area contributed by atoms with Crippen molar-refractivity contribution in [2.45, 2.75) is 12.5 Å². The number of nitrogens with two attached hydrogens (primary N) is 1. The van der Waals surface area contributed by atoms with E-state index in [-0.39, 0.29) is 18.1 Å². The lowest BCUT2D eigenvalue weighted by Crippen LogP contribution is -2.39. The molecule has 2 aromatic heterocycles. The van der Waals surface area contributed by atoms with Crippen LogP contribution in [0.1, 0.15) is 6.42 Å². The lowest BCUT2D eigenvalue weighted by Gasteiger charge is -2.20. The van der Waals surface area contributed by atoms with Gasteiger partial charge in [0.15, 0.2) is 5.65 Å². The van der Waals surface area contributed by atoms with Crippen LogP contribution in [-0.2, 0) is 9.59 Å². The molecule has 0 radical (unpaired) electrons. The van der Waals surface area contributed by atoms with Gasteiger partial charge in [-0.15, -0.1) is 10.2 Å². The number of nitrogens with zero attached hydrogens (tertiary/aromatic N) is 5. The third kappa shape index (κ3) is 2.75. The van der Waals surface area contributed by atoms with E-state index in [9.17, 15) is 9.59 Å². The molecule has 0 saturated carbocycles. The van der Waals surface area contributed by atoms with Gasteiger partial charge in [-0.3, -0.25) is 24.3 Å². The van der Waals surface area contributed by atoms with Gasteiger partial charge in [-0.1, -0.05) is 24.3 Å².